The topological polar surface area (TPSA) is 91.4 Å². The summed E-state index contributed by atoms with van der Waals surface area (Å²) in [6.07, 6.45) is 0.834. The third-order valence-corrected chi connectivity index (χ3v) is 6.31. The van der Waals surface area contributed by atoms with Crippen molar-refractivity contribution in [2.45, 2.75) is 46.3 Å². The molecule has 2 heterocycles. The molecule has 3 rings (SSSR count). The van der Waals surface area contributed by atoms with E-state index in [1.807, 2.05) is 26.0 Å². The molecule has 4 atom stereocenters. The maximum Gasteiger partial charge on any atom is 0.508 e. The fourth-order valence-electron chi connectivity index (χ4n) is 4.54. The zero-order valence-electron chi connectivity index (χ0n) is 19.8. The highest BCUT2D eigenvalue weighted by Gasteiger charge is 2.61. The number of esters is 1. The standard InChI is InChI=1S/C25H31NO7/c1-7-11-31-24(28)22-18(13-32-19-10-9-17(8-2)12-14(19)3)15(4)21-20(23(27)26(21)22)16(5)33-25(29)30-6/h7,9-10,12,15-16,20-21H,1,8,11,13H2,2-6H3/t15?,16?,20?,21-/m1/s1. The van der Waals surface area contributed by atoms with Crippen molar-refractivity contribution in [3.05, 3.63) is 53.3 Å². The van der Waals surface area contributed by atoms with Crippen molar-refractivity contribution in [1.29, 1.82) is 0 Å². The molecule has 0 aromatic heterocycles. The molecule has 0 saturated carbocycles. The number of carbonyl (C=O) groups is 3. The van der Waals surface area contributed by atoms with Gasteiger partial charge in [0.2, 0.25) is 5.91 Å². The van der Waals surface area contributed by atoms with Crippen LogP contribution in [0.3, 0.4) is 0 Å². The van der Waals surface area contributed by atoms with Gasteiger partial charge in [-0.15, -0.1) is 0 Å². The molecular weight excluding hydrogens is 426 g/mol. The van der Waals surface area contributed by atoms with E-state index >= 15 is 0 Å². The lowest BCUT2D eigenvalue weighted by Crippen LogP contribution is -2.64. The molecule has 0 aliphatic carbocycles. The third-order valence-electron chi connectivity index (χ3n) is 6.31. The zero-order chi connectivity index (χ0) is 24.3. The van der Waals surface area contributed by atoms with E-state index in [0.717, 1.165) is 12.0 Å². The van der Waals surface area contributed by atoms with Crippen molar-refractivity contribution < 1.29 is 33.3 Å². The lowest BCUT2D eigenvalue weighted by atomic mass is 9.77. The van der Waals surface area contributed by atoms with Crippen molar-refractivity contribution in [3.63, 3.8) is 0 Å². The minimum absolute atomic E-state index is 0.0282. The van der Waals surface area contributed by atoms with E-state index in [2.05, 4.69) is 24.3 Å². The van der Waals surface area contributed by atoms with Crippen LogP contribution >= 0.6 is 0 Å². The molecule has 0 spiro atoms. The number of methoxy groups -OCH3 is 1. The van der Waals surface area contributed by atoms with Gasteiger partial charge < -0.3 is 23.8 Å². The van der Waals surface area contributed by atoms with Crippen LogP contribution in [0, 0.1) is 18.8 Å². The average Bonchev–Trinajstić information content (AvgIpc) is 3.04. The van der Waals surface area contributed by atoms with Gasteiger partial charge in [-0.2, -0.15) is 0 Å². The first-order chi connectivity index (χ1) is 15.7. The van der Waals surface area contributed by atoms with Crippen molar-refractivity contribution in [1.82, 2.24) is 4.90 Å². The molecule has 3 unspecified atom stereocenters. The number of aryl methyl sites for hydroxylation is 2. The number of rotatable bonds is 9. The molecule has 8 heteroatoms. The number of nitrogens with zero attached hydrogens (tertiary/aromatic N) is 1. The summed E-state index contributed by atoms with van der Waals surface area (Å²) in [7, 11) is 1.21. The fourth-order valence-corrected chi connectivity index (χ4v) is 4.54. The molecular formula is C25H31NO7. The van der Waals surface area contributed by atoms with Gasteiger partial charge in [-0.25, -0.2) is 9.59 Å². The number of amides is 1. The lowest BCUT2D eigenvalue weighted by molar-refractivity contribution is -0.164. The van der Waals surface area contributed by atoms with E-state index in [1.54, 1.807) is 6.92 Å². The van der Waals surface area contributed by atoms with Gasteiger partial charge in [-0.3, -0.25) is 4.79 Å². The highest BCUT2D eigenvalue weighted by molar-refractivity contribution is 6.01. The van der Waals surface area contributed by atoms with E-state index in [0.29, 0.717) is 11.3 Å². The Labute approximate surface area is 194 Å². The van der Waals surface area contributed by atoms with E-state index < -0.39 is 24.1 Å². The summed E-state index contributed by atoms with van der Waals surface area (Å²) in [6.45, 7) is 11.4. The number of hydrogen-bond donors (Lipinski definition) is 0. The summed E-state index contributed by atoms with van der Waals surface area (Å²) >= 11 is 0. The Morgan fingerprint density at radius 1 is 1.30 bits per heavy atom. The Kier molecular flexibility index (Phi) is 7.46. The number of ether oxygens (including phenoxy) is 4. The first-order valence-corrected chi connectivity index (χ1v) is 11.1. The maximum absolute atomic E-state index is 13.0. The molecule has 1 aromatic carbocycles. The van der Waals surface area contributed by atoms with Gasteiger partial charge in [0, 0.05) is 11.5 Å². The monoisotopic (exact) mass is 457 g/mol. The Hall–Kier alpha value is -3.29. The second kappa shape index (κ2) is 10.1. The summed E-state index contributed by atoms with van der Waals surface area (Å²) in [5.74, 6) is -0.978. The maximum atomic E-state index is 13.0. The largest absolute Gasteiger partial charge is 0.508 e. The van der Waals surface area contributed by atoms with Crippen LogP contribution < -0.4 is 4.74 Å². The van der Waals surface area contributed by atoms with Crippen LogP contribution in [-0.2, 0) is 30.2 Å². The summed E-state index contributed by atoms with van der Waals surface area (Å²) in [6, 6.07) is 5.65. The van der Waals surface area contributed by atoms with Gasteiger partial charge in [0.05, 0.1) is 19.1 Å². The molecule has 2 aliphatic rings. The second-order valence-corrected chi connectivity index (χ2v) is 8.29. The lowest BCUT2D eigenvalue weighted by Gasteiger charge is -2.47. The number of benzene rings is 1. The van der Waals surface area contributed by atoms with Gasteiger partial charge in [-0.1, -0.05) is 38.6 Å². The molecule has 1 saturated heterocycles. The van der Waals surface area contributed by atoms with E-state index in [9.17, 15) is 14.4 Å². The smallest absolute Gasteiger partial charge is 0.489 e. The summed E-state index contributed by atoms with van der Waals surface area (Å²) in [5.41, 5.74) is 3.07. The number of carbonyl (C=O) groups excluding carboxylic acids is 3. The van der Waals surface area contributed by atoms with E-state index in [1.165, 1.54) is 23.6 Å². The van der Waals surface area contributed by atoms with E-state index in [4.69, 9.17) is 14.2 Å². The van der Waals surface area contributed by atoms with Gasteiger partial charge in [0.25, 0.3) is 0 Å². The third kappa shape index (κ3) is 4.60. The number of β-lactam (4-membered cyclic amide) rings is 1. The molecule has 1 fully saturated rings. The summed E-state index contributed by atoms with van der Waals surface area (Å²) in [5, 5.41) is 0. The van der Waals surface area contributed by atoms with Crippen LogP contribution in [0.2, 0.25) is 0 Å². The molecule has 1 amide bonds. The summed E-state index contributed by atoms with van der Waals surface area (Å²) < 4.78 is 21.1. The van der Waals surface area contributed by atoms with Crippen molar-refractivity contribution in [2.75, 3.05) is 20.3 Å². The zero-order valence-corrected chi connectivity index (χ0v) is 19.8. The Balaban J connectivity index is 1.86. The van der Waals surface area contributed by atoms with Crippen LogP contribution in [0.1, 0.15) is 31.9 Å². The Morgan fingerprint density at radius 3 is 2.64 bits per heavy atom. The van der Waals surface area contributed by atoms with Crippen LogP contribution in [-0.4, -0.2) is 55.4 Å². The van der Waals surface area contributed by atoms with Crippen LogP contribution in [0.15, 0.2) is 42.1 Å². The quantitative estimate of drug-likeness (QED) is 0.318. The van der Waals surface area contributed by atoms with Gasteiger partial charge in [0.1, 0.15) is 30.8 Å². The molecule has 0 bridgehead atoms. The molecule has 33 heavy (non-hydrogen) atoms. The Bertz CT molecular complexity index is 983. The SMILES string of the molecule is C=CCOC(=O)C1=C(COc2ccc(CC)cc2C)C(C)[C@@H]2C(C(C)OC(=O)OC)C(=O)N12. The highest BCUT2D eigenvalue weighted by Crippen LogP contribution is 2.48. The molecule has 1 aromatic rings. The van der Waals surface area contributed by atoms with Gasteiger partial charge in [0.15, 0.2) is 0 Å². The van der Waals surface area contributed by atoms with Crippen LogP contribution in [0.25, 0.3) is 0 Å². The Morgan fingerprint density at radius 2 is 2.03 bits per heavy atom. The van der Waals surface area contributed by atoms with Gasteiger partial charge >= 0.3 is 12.1 Å². The molecule has 0 radical (unpaired) electrons. The molecule has 178 valence electrons. The predicted molar refractivity (Wildman–Crippen MR) is 120 cm³/mol. The van der Waals surface area contributed by atoms with Crippen molar-refractivity contribution in [3.8, 4) is 5.75 Å². The fraction of sp³-hybridized carbons (Fsp3) is 0.480. The average molecular weight is 458 g/mol. The van der Waals surface area contributed by atoms with E-state index in [-0.39, 0.29) is 36.8 Å². The first-order valence-electron chi connectivity index (χ1n) is 11.1. The number of hydrogen-bond acceptors (Lipinski definition) is 7. The molecule has 2 aliphatic heterocycles. The van der Waals surface area contributed by atoms with Crippen molar-refractivity contribution in [2.24, 2.45) is 11.8 Å². The highest BCUT2D eigenvalue weighted by atomic mass is 16.7. The normalized spacial score (nSPS) is 22.3. The minimum Gasteiger partial charge on any atom is -0.489 e. The van der Waals surface area contributed by atoms with Crippen molar-refractivity contribution >= 4 is 18.0 Å². The van der Waals surface area contributed by atoms with Gasteiger partial charge in [-0.05, 0) is 37.5 Å². The molecule has 8 nitrogen and oxygen atoms in total. The summed E-state index contributed by atoms with van der Waals surface area (Å²) in [4.78, 5) is 38.9. The first kappa shape index (κ1) is 24.4. The van der Waals surface area contributed by atoms with Crippen LogP contribution in [0.4, 0.5) is 4.79 Å². The minimum atomic E-state index is -0.854. The molecule has 0 N–H and O–H groups in total. The number of fused-ring (bicyclic) bond motifs is 1. The predicted octanol–water partition coefficient (Wildman–Crippen LogP) is 3.57. The second-order valence-electron chi connectivity index (χ2n) is 8.29. The van der Waals surface area contributed by atoms with Crippen LogP contribution in [0.5, 0.6) is 5.75 Å².